The Balaban J connectivity index is 2.12. The first-order valence-electron chi connectivity index (χ1n) is 11.0. The molecule has 1 aliphatic rings. The van der Waals surface area contributed by atoms with Crippen LogP contribution in [0, 0.1) is 0 Å². The van der Waals surface area contributed by atoms with Crippen LogP contribution in [0.5, 0.6) is 0 Å². The summed E-state index contributed by atoms with van der Waals surface area (Å²) in [6.07, 6.45) is 3.68. The first kappa shape index (κ1) is 26.0. The van der Waals surface area contributed by atoms with Crippen LogP contribution in [0.25, 0.3) is 11.3 Å². The molecule has 0 aliphatic carbocycles. The van der Waals surface area contributed by atoms with Crippen molar-refractivity contribution in [3.8, 4) is 11.3 Å². The molecule has 1 aliphatic heterocycles. The number of allylic oxidation sites excluding steroid dienone is 1. The fourth-order valence-electron chi connectivity index (χ4n) is 3.45. The van der Waals surface area contributed by atoms with Gasteiger partial charge in [0.1, 0.15) is 11.3 Å². The van der Waals surface area contributed by atoms with Crippen molar-refractivity contribution in [2.75, 3.05) is 17.7 Å². The van der Waals surface area contributed by atoms with Crippen molar-refractivity contribution in [1.29, 1.82) is 0 Å². The lowest BCUT2D eigenvalue weighted by Gasteiger charge is -2.25. The van der Waals surface area contributed by atoms with Crippen molar-refractivity contribution >= 4 is 41.1 Å². The number of hydrogen-bond acceptors (Lipinski definition) is 7. The third-order valence-corrected chi connectivity index (χ3v) is 5.10. The zero-order valence-corrected chi connectivity index (χ0v) is 20.7. The van der Waals surface area contributed by atoms with Crippen molar-refractivity contribution in [3.05, 3.63) is 47.1 Å². The third kappa shape index (κ3) is 7.41. The quantitative estimate of drug-likeness (QED) is 0.480. The number of alkyl carbamates (subject to hydrolysis) is 1. The van der Waals surface area contributed by atoms with E-state index in [1.165, 1.54) is 7.11 Å². The number of amides is 3. The second-order valence-corrected chi connectivity index (χ2v) is 9.23. The maximum atomic E-state index is 12.6. The highest BCUT2D eigenvalue weighted by atomic mass is 35.5. The number of nitrogens with one attached hydrogen (secondary N) is 3. The lowest BCUT2D eigenvalue weighted by molar-refractivity contribution is -0.116. The monoisotopic (exact) mass is 501 g/mol. The van der Waals surface area contributed by atoms with E-state index in [9.17, 15) is 14.4 Å². The number of carbonyl (C=O) groups is 3. The molecule has 2 heterocycles. The minimum Gasteiger partial charge on any atom is -0.453 e. The van der Waals surface area contributed by atoms with E-state index in [-0.39, 0.29) is 17.5 Å². The van der Waals surface area contributed by atoms with Crippen LogP contribution >= 0.6 is 11.6 Å². The van der Waals surface area contributed by atoms with Gasteiger partial charge in [0.25, 0.3) is 0 Å². The van der Waals surface area contributed by atoms with Gasteiger partial charge >= 0.3 is 12.2 Å². The number of anilines is 2. The van der Waals surface area contributed by atoms with Crippen molar-refractivity contribution in [2.24, 2.45) is 0 Å². The number of rotatable bonds is 2. The van der Waals surface area contributed by atoms with Gasteiger partial charge in [-0.2, -0.15) is 0 Å². The SMILES string of the molecule is COC(=O)Nc1ccc2c(c1)NC(=O)CC/C=C\CC(NC(=O)OC(C)(C)C)c1cc(Cl)nnc1-2. The van der Waals surface area contributed by atoms with Crippen molar-refractivity contribution in [1.82, 2.24) is 15.5 Å². The minimum absolute atomic E-state index is 0.144. The fourth-order valence-corrected chi connectivity index (χ4v) is 3.60. The Morgan fingerprint density at radius 2 is 1.91 bits per heavy atom. The largest absolute Gasteiger partial charge is 0.453 e. The number of fused-ring (bicyclic) bond motifs is 3. The summed E-state index contributed by atoms with van der Waals surface area (Å²) >= 11 is 6.19. The van der Waals surface area contributed by atoms with Gasteiger partial charge < -0.3 is 20.1 Å². The molecule has 1 aromatic carbocycles. The van der Waals surface area contributed by atoms with Gasteiger partial charge in [-0.3, -0.25) is 10.1 Å². The van der Waals surface area contributed by atoms with Gasteiger partial charge in [-0.15, -0.1) is 10.2 Å². The average Bonchev–Trinajstić information content (AvgIpc) is 2.76. The zero-order valence-electron chi connectivity index (χ0n) is 20.0. The van der Waals surface area contributed by atoms with E-state index in [0.717, 1.165) is 0 Å². The third-order valence-electron chi connectivity index (χ3n) is 4.92. The number of carbonyl (C=O) groups excluding carboxylic acids is 3. The molecular formula is C24H28ClN5O5. The fraction of sp³-hybridized carbons (Fsp3) is 0.375. The van der Waals surface area contributed by atoms with Crippen LogP contribution in [0.2, 0.25) is 5.15 Å². The Bertz CT molecular complexity index is 1150. The summed E-state index contributed by atoms with van der Waals surface area (Å²) in [4.78, 5) is 36.9. The first-order valence-corrected chi connectivity index (χ1v) is 11.4. The van der Waals surface area contributed by atoms with Crippen LogP contribution in [0.15, 0.2) is 36.4 Å². The highest BCUT2D eigenvalue weighted by Gasteiger charge is 2.25. The second kappa shape index (κ2) is 11.2. The van der Waals surface area contributed by atoms with Gasteiger partial charge in [0.2, 0.25) is 5.91 Å². The zero-order chi connectivity index (χ0) is 25.6. The average molecular weight is 502 g/mol. The van der Waals surface area contributed by atoms with Gasteiger partial charge in [0, 0.05) is 23.2 Å². The second-order valence-electron chi connectivity index (χ2n) is 8.84. The van der Waals surface area contributed by atoms with E-state index in [1.807, 2.05) is 12.2 Å². The number of hydrogen-bond donors (Lipinski definition) is 3. The number of aromatic nitrogens is 2. The molecule has 10 nitrogen and oxygen atoms in total. The van der Waals surface area contributed by atoms with Crippen LogP contribution in [-0.2, 0) is 14.3 Å². The van der Waals surface area contributed by atoms with Gasteiger partial charge in [0.15, 0.2) is 5.15 Å². The summed E-state index contributed by atoms with van der Waals surface area (Å²) in [5.74, 6) is -0.210. The molecule has 3 N–H and O–H groups in total. The van der Waals surface area contributed by atoms with E-state index in [4.69, 9.17) is 16.3 Å². The molecule has 0 saturated carbocycles. The molecule has 11 heteroatoms. The summed E-state index contributed by atoms with van der Waals surface area (Å²) in [6, 6.07) is 6.01. The molecule has 1 aromatic heterocycles. The molecule has 186 valence electrons. The topological polar surface area (TPSA) is 132 Å². The van der Waals surface area contributed by atoms with Gasteiger partial charge in [-0.25, -0.2) is 9.59 Å². The van der Waals surface area contributed by atoms with Gasteiger partial charge in [-0.1, -0.05) is 23.8 Å². The van der Waals surface area contributed by atoms with Crippen LogP contribution < -0.4 is 16.0 Å². The van der Waals surface area contributed by atoms with Crippen LogP contribution in [0.4, 0.5) is 21.0 Å². The van der Waals surface area contributed by atoms with E-state index < -0.39 is 23.8 Å². The molecule has 0 bridgehead atoms. The highest BCUT2D eigenvalue weighted by Crippen LogP contribution is 2.36. The predicted molar refractivity (Wildman–Crippen MR) is 132 cm³/mol. The van der Waals surface area contributed by atoms with E-state index in [0.29, 0.717) is 41.0 Å². The highest BCUT2D eigenvalue weighted by molar-refractivity contribution is 6.29. The van der Waals surface area contributed by atoms with Crippen LogP contribution in [0.3, 0.4) is 0 Å². The van der Waals surface area contributed by atoms with E-state index in [2.05, 4.69) is 30.9 Å². The Hall–Kier alpha value is -3.66. The maximum absolute atomic E-state index is 12.6. The summed E-state index contributed by atoms with van der Waals surface area (Å²) in [5, 5.41) is 16.8. The smallest absolute Gasteiger partial charge is 0.411 e. The lowest BCUT2D eigenvalue weighted by Crippen LogP contribution is -2.35. The van der Waals surface area contributed by atoms with Gasteiger partial charge in [0.05, 0.1) is 18.8 Å². The first-order chi connectivity index (χ1) is 16.6. The predicted octanol–water partition coefficient (Wildman–Crippen LogP) is 5.22. The summed E-state index contributed by atoms with van der Waals surface area (Å²) in [7, 11) is 1.26. The molecule has 0 spiro atoms. The summed E-state index contributed by atoms with van der Waals surface area (Å²) in [5.41, 5.74) is 1.67. The molecule has 1 unspecified atom stereocenters. The van der Waals surface area contributed by atoms with Crippen LogP contribution in [0.1, 0.15) is 51.6 Å². The van der Waals surface area contributed by atoms with Crippen molar-refractivity contribution in [3.63, 3.8) is 0 Å². The summed E-state index contributed by atoms with van der Waals surface area (Å²) in [6.45, 7) is 5.34. The normalized spacial score (nSPS) is 16.8. The molecule has 2 aromatic rings. The molecule has 0 radical (unpaired) electrons. The molecule has 3 amide bonds. The Morgan fingerprint density at radius 1 is 1.14 bits per heavy atom. The molecule has 3 rings (SSSR count). The Labute approximate surface area is 208 Å². The molecule has 35 heavy (non-hydrogen) atoms. The Kier molecular flexibility index (Phi) is 8.29. The van der Waals surface area contributed by atoms with Crippen LogP contribution in [-0.4, -0.2) is 41.0 Å². The van der Waals surface area contributed by atoms with E-state index >= 15 is 0 Å². The number of nitrogens with zero attached hydrogens (tertiary/aromatic N) is 2. The molecule has 1 atom stereocenters. The van der Waals surface area contributed by atoms with Gasteiger partial charge in [-0.05, 0) is 57.9 Å². The minimum atomic E-state index is -0.678. The summed E-state index contributed by atoms with van der Waals surface area (Å²) < 4.78 is 10.1. The van der Waals surface area contributed by atoms with Crippen molar-refractivity contribution in [2.45, 2.75) is 51.7 Å². The van der Waals surface area contributed by atoms with Crippen molar-refractivity contribution < 1.29 is 23.9 Å². The number of methoxy groups -OCH3 is 1. The number of benzene rings is 1. The molecule has 0 saturated heterocycles. The van der Waals surface area contributed by atoms with E-state index in [1.54, 1.807) is 45.0 Å². The lowest BCUT2D eigenvalue weighted by atomic mass is 9.96. The maximum Gasteiger partial charge on any atom is 0.411 e. The number of ether oxygens (including phenoxy) is 2. The number of halogens is 1. The Morgan fingerprint density at radius 3 is 2.63 bits per heavy atom. The molecule has 0 fully saturated rings. The standard InChI is InChI=1S/C24H28ClN5O5/c1-24(2,3)35-23(33)28-17-8-6-5-7-9-20(31)27-18-12-14(26-22(32)34-4)10-11-15(18)21-16(17)13-19(25)29-30-21/h5-6,10-13,17H,7-9H2,1-4H3,(H,26,32)(H,27,31)(H,28,33)/b6-5-. The molecular weight excluding hydrogens is 474 g/mol.